The maximum atomic E-state index is 12.1. The Morgan fingerprint density at radius 1 is 1.29 bits per heavy atom. The second-order valence-electron chi connectivity index (χ2n) is 6.42. The zero-order chi connectivity index (χ0) is 20.0. The van der Waals surface area contributed by atoms with Gasteiger partial charge < -0.3 is 25.8 Å². The van der Waals surface area contributed by atoms with Gasteiger partial charge in [-0.3, -0.25) is 14.8 Å². The zero-order valence-corrected chi connectivity index (χ0v) is 18.1. The third-order valence-corrected chi connectivity index (χ3v) is 3.97. The third-order valence-electron chi connectivity index (χ3n) is 3.54. The van der Waals surface area contributed by atoms with E-state index in [2.05, 4.69) is 41.8 Å². The highest BCUT2D eigenvalue weighted by Gasteiger charge is 2.22. The van der Waals surface area contributed by atoms with Gasteiger partial charge in [-0.1, -0.05) is 0 Å². The van der Waals surface area contributed by atoms with Crippen molar-refractivity contribution in [3.05, 3.63) is 22.9 Å². The highest BCUT2D eigenvalue weighted by molar-refractivity contribution is 9.10. The summed E-state index contributed by atoms with van der Waals surface area (Å²) in [6.07, 6.45) is 2.04. The van der Waals surface area contributed by atoms with E-state index in [1.807, 2.05) is 0 Å². The molecule has 4 N–H and O–H groups in total. The number of fused-ring (bicyclic) bond motifs is 1. The van der Waals surface area contributed by atoms with Crippen LogP contribution < -0.4 is 16.0 Å². The third kappa shape index (κ3) is 6.77. The van der Waals surface area contributed by atoms with Crippen LogP contribution in [-0.4, -0.2) is 52.4 Å². The van der Waals surface area contributed by atoms with Crippen LogP contribution in [0.4, 0.5) is 16.2 Å². The van der Waals surface area contributed by atoms with Crippen LogP contribution in [0.2, 0.25) is 0 Å². The lowest BCUT2D eigenvalue weighted by Crippen LogP contribution is -2.47. The Morgan fingerprint density at radius 2 is 2.00 bits per heavy atom. The quantitative estimate of drug-likeness (QED) is 0.461. The number of nitrogens with one attached hydrogen (secondary N) is 3. The lowest BCUT2D eigenvalue weighted by Gasteiger charge is -2.26. The van der Waals surface area contributed by atoms with Crippen molar-refractivity contribution in [1.29, 1.82) is 0 Å². The predicted molar refractivity (Wildman–Crippen MR) is 113 cm³/mol. The molecule has 2 aromatic rings. The largest absolute Gasteiger partial charge is 0.465 e. The van der Waals surface area contributed by atoms with E-state index in [1.165, 1.54) is 6.20 Å². The molecule has 0 fully saturated rings. The van der Waals surface area contributed by atoms with E-state index >= 15 is 0 Å². The first-order valence-corrected chi connectivity index (χ1v) is 9.08. The zero-order valence-electron chi connectivity index (χ0n) is 15.7. The minimum Gasteiger partial charge on any atom is -0.465 e. The van der Waals surface area contributed by atoms with Gasteiger partial charge in [-0.05, 0) is 42.8 Å². The maximum Gasteiger partial charge on any atom is 0.405 e. The van der Waals surface area contributed by atoms with Crippen LogP contribution in [0.1, 0.15) is 20.8 Å². The Kier molecular flexibility index (Phi) is 8.86. The summed E-state index contributed by atoms with van der Waals surface area (Å²) in [5, 5.41) is 17.3. The lowest BCUT2D eigenvalue weighted by atomic mass is 10.1. The summed E-state index contributed by atoms with van der Waals surface area (Å²) in [5.74, 6) is -0.318. The molecular formula is C17H23BrClN5O4. The minimum absolute atomic E-state index is 0. The van der Waals surface area contributed by atoms with Gasteiger partial charge in [0.15, 0.2) is 0 Å². The molecule has 2 rings (SSSR count). The summed E-state index contributed by atoms with van der Waals surface area (Å²) in [6, 6.07) is 1.81. The smallest absolute Gasteiger partial charge is 0.405 e. The van der Waals surface area contributed by atoms with Crippen molar-refractivity contribution in [1.82, 2.24) is 15.3 Å². The van der Waals surface area contributed by atoms with E-state index in [1.54, 1.807) is 33.0 Å². The molecule has 0 unspecified atom stereocenters. The minimum atomic E-state index is -1.12. The molecule has 2 amide bonds. The van der Waals surface area contributed by atoms with E-state index in [4.69, 9.17) is 9.84 Å². The highest BCUT2D eigenvalue weighted by Crippen LogP contribution is 2.30. The van der Waals surface area contributed by atoms with Crippen LogP contribution in [0.15, 0.2) is 22.9 Å². The number of anilines is 2. The number of carbonyl (C=O) groups excluding carboxylic acids is 1. The standard InChI is InChI=1S/C17H22BrN5O4.ClH/c1-4-27-8-13(24)22-12-7-19-11-5-10(18)6-20-14(11)15(12)21-9-17(2,3)23-16(25)26;/h5-7,23H,4,8-9H2,1-3H3,(H,19,21)(H,22,24)(H,25,26);1H. The average Bonchev–Trinajstić information content (AvgIpc) is 2.57. The molecule has 28 heavy (non-hydrogen) atoms. The number of hydrogen-bond donors (Lipinski definition) is 4. The van der Waals surface area contributed by atoms with Gasteiger partial charge in [0, 0.05) is 23.8 Å². The van der Waals surface area contributed by atoms with Crippen LogP contribution in [0.25, 0.3) is 11.0 Å². The van der Waals surface area contributed by atoms with Crippen molar-refractivity contribution >= 4 is 62.7 Å². The number of pyridine rings is 2. The molecule has 0 aliphatic rings. The monoisotopic (exact) mass is 475 g/mol. The number of carboxylic acid groups (broad SMARTS) is 1. The summed E-state index contributed by atoms with van der Waals surface area (Å²) in [4.78, 5) is 31.7. The van der Waals surface area contributed by atoms with E-state index < -0.39 is 11.6 Å². The Balaban J connectivity index is 0.00000392. The maximum absolute atomic E-state index is 12.1. The summed E-state index contributed by atoms with van der Waals surface area (Å²) in [6.45, 7) is 5.91. The van der Waals surface area contributed by atoms with Crippen molar-refractivity contribution in [2.24, 2.45) is 0 Å². The number of halogens is 2. The normalized spacial score (nSPS) is 10.9. The topological polar surface area (TPSA) is 125 Å². The second-order valence-corrected chi connectivity index (χ2v) is 7.34. The van der Waals surface area contributed by atoms with Crippen LogP contribution in [-0.2, 0) is 9.53 Å². The number of ether oxygens (including phenoxy) is 1. The molecule has 9 nitrogen and oxygen atoms in total. The summed E-state index contributed by atoms with van der Waals surface area (Å²) < 4.78 is 5.89. The molecule has 2 heterocycles. The van der Waals surface area contributed by atoms with Crippen LogP contribution in [0.3, 0.4) is 0 Å². The van der Waals surface area contributed by atoms with Gasteiger partial charge in [0.1, 0.15) is 12.1 Å². The van der Waals surface area contributed by atoms with Crippen molar-refractivity contribution in [3.8, 4) is 0 Å². The van der Waals surface area contributed by atoms with Crippen LogP contribution in [0.5, 0.6) is 0 Å². The Hall–Kier alpha value is -2.17. The van der Waals surface area contributed by atoms with Gasteiger partial charge in [-0.2, -0.15) is 0 Å². The van der Waals surface area contributed by atoms with E-state index in [0.717, 1.165) is 4.47 Å². The van der Waals surface area contributed by atoms with Crippen molar-refractivity contribution in [2.45, 2.75) is 26.3 Å². The molecular weight excluding hydrogens is 454 g/mol. The van der Waals surface area contributed by atoms with Gasteiger partial charge in [-0.25, -0.2) is 4.79 Å². The molecule has 11 heteroatoms. The van der Waals surface area contributed by atoms with Crippen LogP contribution >= 0.6 is 28.3 Å². The fourth-order valence-corrected chi connectivity index (χ4v) is 2.66. The highest BCUT2D eigenvalue weighted by atomic mass is 79.9. The van der Waals surface area contributed by atoms with Gasteiger partial charge in [0.2, 0.25) is 5.91 Å². The van der Waals surface area contributed by atoms with Gasteiger partial charge in [0.05, 0.1) is 28.6 Å². The van der Waals surface area contributed by atoms with Crippen LogP contribution in [0, 0.1) is 0 Å². The molecule has 0 radical (unpaired) electrons. The van der Waals surface area contributed by atoms with E-state index in [-0.39, 0.29) is 31.5 Å². The fraction of sp³-hybridized carbons (Fsp3) is 0.412. The molecule has 0 bridgehead atoms. The van der Waals surface area contributed by atoms with Crippen molar-refractivity contribution in [3.63, 3.8) is 0 Å². The lowest BCUT2D eigenvalue weighted by molar-refractivity contribution is -0.120. The molecule has 2 aromatic heterocycles. The number of rotatable bonds is 8. The SMILES string of the molecule is CCOCC(=O)Nc1cnc2cc(Br)cnc2c1NCC(C)(C)NC(=O)O.Cl. The van der Waals surface area contributed by atoms with Crippen molar-refractivity contribution < 1.29 is 19.4 Å². The summed E-state index contributed by atoms with van der Waals surface area (Å²) in [5.41, 5.74) is 1.42. The molecule has 0 saturated carbocycles. The fourth-order valence-electron chi connectivity index (χ4n) is 2.34. The van der Waals surface area contributed by atoms with Gasteiger partial charge >= 0.3 is 6.09 Å². The summed E-state index contributed by atoms with van der Waals surface area (Å²) >= 11 is 3.36. The second kappa shape index (κ2) is 10.4. The first-order chi connectivity index (χ1) is 12.7. The molecule has 0 aromatic carbocycles. The molecule has 0 aliphatic carbocycles. The number of hydrogen-bond acceptors (Lipinski definition) is 6. The Bertz CT molecular complexity index is 850. The molecule has 0 spiro atoms. The Labute approximate surface area is 177 Å². The van der Waals surface area contributed by atoms with Gasteiger partial charge in [-0.15, -0.1) is 12.4 Å². The molecule has 0 aliphatic heterocycles. The first kappa shape index (κ1) is 23.9. The number of aromatic nitrogens is 2. The Morgan fingerprint density at radius 3 is 2.64 bits per heavy atom. The molecule has 0 atom stereocenters. The average molecular weight is 477 g/mol. The number of nitrogens with zero attached hydrogens (tertiary/aromatic N) is 2. The molecule has 0 saturated heterocycles. The number of amides is 2. The van der Waals surface area contributed by atoms with E-state index in [9.17, 15) is 9.59 Å². The molecule has 154 valence electrons. The van der Waals surface area contributed by atoms with Gasteiger partial charge in [0.25, 0.3) is 0 Å². The summed E-state index contributed by atoms with van der Waals surface area (Å²) in [7, 11) is 0. The van der Waals surface area contributed by atoms with E-state index in [0.29, 0.717) is 29.0 Å². The number of carbonyl (C=O) groups is 2. The predicted octanol–water partition coefficient (Wildman–Crippen LogP) is 3.25. The van der Waals surface area contributed by atoms with Crippen molar-refractivity contribution in [2.75, 3.05) is 30.4 Å². The first-order valence-electron chi connectivity index (χ1n) is 8.28.